The van der Waals surface area contributed by atoms with Gasteiger partial charge in [-0.25, -0.2) is 0 Å². The number of carboxylic acid groups (broad SMARTS) is 1. The van der Waals surface area contributed by atoms with E-state index in [4.69, 9.17) is 5.11 Å². The van der Waals surface area contributed by atoms with E-state index < -0.39 is 11.9 Å². The first-order valence-corrected chi connectivity index (χ1v) is 6.72. The highest BCUT2D eigenvalue weighted by Crippen LogP contribution is 2.44. The van der Waals surface area contributed by atoms with Crippen molar-refractivity contribution in [1.29, 1.82) is 0 Å². The summed E-state index contributed by atoms with van der Waals surface area (Å²) in [5.74, 6) is -0.156. The molecule has 0 saturated heterocycles. The Bertz CT molecular complexity index is 377. The summed E-state index contributed by atoms with van der Waals surface area (Å²) in [6, 6.07) is 0. The molecule has 0 heterocycles. The normalized spacial score (nSPS) is 30.4. The van der Waals surface area contributed by atoms with Gasteiger partial charge in [0.05, 0.1) is 5.92 Å². The van der Waals surface area contributed by atoms with E-state index >= 15 is 0 Å². The van der Waals surface area contributed by atoms with E-state index in [1.165, 1.54) is 0 Å². The predicted molar refractivity (Wildman–Crippen MR) is 67.9 cm³/mol. The first-order chi connectivity index (χ1) is 8.52. The zero-order valence-corrected chi connectivity index (χ0v) is 11.0. The molecule has 100 valence electrons. The number of carbonyl (C=O) groups is 2. The highest BCUT2D eigenvalue weighted by Gasteiger charge is 2.41. The van der Waals surface area contributed by atoms with Crippen molar-refractivity contribution < 1.29 is 14.7 Å². The van der Waals surface area contributed by atoms with Crippen LogP contribution in [0.25, 0.3) is 0 Å². The molecule has 1 saturated carbocycles. The molecule has 4 nitrogen and oxygen atoms in total. The summed E-state index contributed by atoms with van der Waals surface area (Å²) in [7, 11) is 0. The molecule has 1 fully saturated rings. The molecular weight excluding hydrogens is 230 g/mol. The molecule has 0 aromatic heterocycles. The van der Waals surface area contributed by atoms with Crippen LogP contribution >= 0.6 is 0 Å². The number of hydrogen-bond acceptors (Lipinski definition) is 2. The number of carbonyl (C=O) groups excluding carboxylic acids is 1. The Morgan fingerprint density at radius 1 is 1.39 bits per heavy atom. The van der Waals surface area contributed by atoms with E-state index in [1.807, 2.05) is 6.92 Å². The maximum absolute atomic E-state index is 12.4. The van der Waals surface area contributed by atoms with Crippen LogP contribution in [0.5, 0.6) is 0 Å². The van der Waals surface area contributed by atoms with Gasteiger partial charge in [0, 0.05) is 19.0 Å². The predicted octanol–water partition coefficient (Wildman–Crippen LogP) is 1.77. The summed E-state index contributed by atoms with van der Waals surface area (Å²) in [5, 5.41) is 8.93. The standard InChI is InChI=1S/C14H21NO3/c1-3-15(8-9(2)14(17)18)13(16)12-7-10-4-5-11(12)6-10/h4-5,9-12H,3,6-8H2,1-2H3,(H,17,18). The molecule has 4 unspecified atom stereocenters. The van der Waals surface area contributed by atoms with Crippen LogP contribution in [-0.4, -0.2) is 35.0 Å². The minimum Gasteiger partial charge on any atom is -0.481 e. The molecule has 2 rings (SSSR count). The highest BCUT2D eigenvalue weighted by atomic mass is 16.4. The SMILES string of the molecule is CCN(CC(C)C(=O)O)C(=O)C1CC2C=CC1C2. The maximum atomic E-state index is 12.4. The van der Waals surface area contributed by atoms with Crippen LogP contribution in [0.15, 0.2) is 12.2 Å². The number of aliphatic carboxylic acids is 1. The van der Waals surface area contributed by atoms with Crippen molar-refractivity contribution in [2.45, 2.75) is 26.7 Å². The molecule has 1 amide bonds. The quantitative estimate of drug-likeness (QED) is 0.758. The van der Waals surface area contributed by atoms with Crippen LogP contribution in [0, 0.1) is 23.7 Å². The largest absolute Gasteiger partial charge is 0.481 e. The molecule has 18 heavy (non-hydrogen) atoms. The van der Waals surface area contributed by atoms with Gasteiger partial charge in [0.1, 0.15) is 0 Å². The number of nitrogens with zero attached hydrogens (tertiary/aromatic N) is 1. The van der Waals surface area contributed by atoms with Crippen LogP contribution in [0.4, 0.5) is 0 Å². The van der Waals surface area contributed by atoms with Gasteiger partial charge in [-0.15, -0.1) is 0 Å². The third-order valence-corrected chi connectivity index (χ3v) is 4.21. The number of fused-ring (bicyclic) bond motifs is 2. The monoisotopic (exact) mass is 251 g/mol. The lowest BCUT2D eigenvalue weighted by Crippen LogP contribution is -2.41. The molecule has 0 aromatic rings. The molecule has 2 bridgehead atoms. The fourth-order valence-electron chi connectivity index (χ4n) is 3.08. The van der Waals surface area contributed by atoms with Crippen molar-refractivity contribution in [3.63, 3.8) is 0 Å². The topological polar surface area (TPSA) is 57.6 Å². The van der Waals surface area contributed by atoms with E-state index in [0.29, 0.717) is 24.9 Å². The van der Waals surface area contributed by atoms with Crippen LogP contribution < -0.4 is 0 Å². The number of rotatable bonds is 5. The van der Waals surface area contributed by atoms with Crippen molar-refractivity contribution in [2.24, 2.45) is 23.7 Å². The summed E-state index contributed by atoms with van der Waals surface area (Å²) in [5.41, 5.74) is 0. The Morgan fingerprint density at radius 2 is 2.11 bits per heavy atom. The number of carboxylic acids is 1. The van der Waals surface area contributed by atoms with Crippen LogP contribution in [0.3, 0.4) is 0 Å². The summed E-state index contributed by atoms with van der Waals surface area (Å²) >= 11 is 0. The molecular formula is C14H21NO3. The second-order valence-corrected chi connectivity index (χ2v) is 5.50. The third kappa shape index (κ3) is 2.42. The zero-order valence-electron chi connectivity index (χ0n) is 11.0. The van der Waals surface area contributed by atoms with E-state index in [1.54, 1.807) is 11.8 Å². The van der Waals surface area contributed by atoms with E-state index in [2.05, 4.69) is 12.2 Å². The molecule has 0 aliphatic heterocycles. The molecule has 1 N–H and O–H groups in total. The average Bonchev–Trinajstić information content (AvgIpc) is 2.96. The summed E-state index contributed by atoms with van der Waals surface area (Å²) in [6.07, 6.45) is 6.41. The smallest absolute Gasteiger partial charge is 0.308 e. The molecule has 2 aliphatic rings. The Hall–Kier alpha value is -1.32. The molecule has 4 heteroatoms. The van der Waals surface area contributed by atoms with Gasteiger partial charge in [-0.2, -0.15) is 0 Å². The van der Waals surface area contributed by atoms with Crippen molar-refractivity contribution in [3.05, 3.63) is 12.2 Å². The molecule has 0 spiro atoms. The first-order valence-electron chi connectivity index (χ1n) is 6.72. The lowest BCUT2D eigenvalue weighted by molar-refractivity contribution is -0.144. The molecule has 0 radical (unpaired) electrons. The van der Waals surface area contributed by atoms with Crippen molar-refractivity contribution in [1.82, 2.24) is 4.90 Å². The van der Waals surface area contributed by atoms with Gasteiger partial charge in [-0.05, 0) is 31.6 Å². The van der Waals surface area contributed by atoms with Crippen molar-refractivity contribution in [3.8, 4) is 0 Å². The van der Waals surface area contributed by atoms with Crippen LogP contribution in [-0.2, 0) is 9.59 Å². The van der Waals surface area contributed by atoms with E-state index in [-0.39, 0.29) is 11.8 Å². The van der Waals surface area contributed by atoms with Crippen LogP contribution in [0.1, 0.15) is 26.7 Å². The second-order valence-electron chi connectivity index (χ2n) is 5.50. The Kier molecular flexibility index (Phi) is 3.73. The zero-order chi connectivity index (χ0) is 13.3. The van der Waals surface area contributed by atoms with Gasteiger partial charge in [0.25, 0.3) is 0 Å². The minimum absolute atomic E-state index is 0.0842. The van der Waals surface area contributed by atoms with E-state index in [0.717, 1.165) is 12.8 Å². The van der Waals surface area contributed by atoms with E-state index in [9.17, 15) is 9.59 Å². The lowest BCUT2D eigenvalue weighted by atomic mass is 9.92. The summed E-state index contributed by atoms with van der Waals surface area (Å²) in [4.78, 5) is 25.0. The lowest BCUT2D eigenvalue weighted by Gasteiger charge is -2.28. The maximum Gasteiger partial charge on any atom is 0.308 e. The number of hydrogen-bond donors (Lipinski definition) is 1. The van der Waals surface area contributed by atoms with Gasteiger partial charge >= 0.3 is 5.97 Å². The number of allylic oxidation sites excluding steroid dienone is 2. The van der Waals surface area contributed by atoms with Gasteiger partial charge in [0.15, 0.2) is 0 Å². The summed E-state index contributed by atoms with van der Waals surface area (Å²) in [6.45, 7) is 4.48. The Balaban J connectivity index is 1.98. The fraction of sp³-hybridized carbons (Fsp3) is 0.714. The average molecular weight is 251 g/mol. The van der Waals surface area contributed by atoms with Gasteiger partial charge in [-0.1, -0.05) is 19.1 Å². The minimum atomic E-state index is -0.839. The second kappa shape index (κ2) is 5.12. The van der Waals surface area contributed by atoms with Crippen molar-refractivity contribution in [2.75, 3.05) is 13.1 Å². The molecule has 0 aromatic carbocycles. The third-order valence-electron chi connectivity index (χ3n) is 4.21. The Morgan fingerprint density at radius 3 is 2.56 bits per heavy atom. The number of amides is 1. The Labute approximate surface area is 108 Å². The molecule has 2 aliphatic carbocycles. The summed E-state index contributed by atoms with van der Waals surface area (Å²) < 4.78 is 0. The highest BCUT2D eigenvalue weighted by molar-refractivity contribution is 5.81. The molecule has 4 atom stereocenters. The van der Waals surface area contributed by atoms with Gasteiger partial charge < -0.3 is 10.0 Å². The van der Waals surface area contributed by atoms with Crippen molar-refractivity contribution >= 4 is 11.9 Å². The van der Waals surface area contributed by atoms with Crippen LogP contribution in [0.2, 0.25) is 0 Å². The van der Waals surface area contributed by atoms with Gasteiger partial charge in [0.2, 0.25) is 5.91 Å². The first kappa shape index (κ1) is 13.1. The fourth-order valence-corrected chi connectivity index (χ4v) is 3.08. The van der Waals surface area contributed by atoms with Gasteiger partial charge in [-0.3, -0.25) is 9.59 Å².